The van der Waals surface area contributed by atoms with E-state index in [1.165, 1.54) is 19.3 Å². The van der Waals surface area contributed by atoms with E-state index in [1.807, 2.05) is 0 Å². The van der Waals surface area contributed by atoms with Crippen molar-refractivity contribution in [1.29, 1.82) is 0 Å². The number of carbonyl (C=O) groups excluding carboxylic acids is 2. The maximum atomic E-state index is 12.0. The standard InChI is InChI=1S/C13H20N2O2/c1-2-8-15-11(16)9-14-13(17)12(15)10-6-4-3-5-7-10/h2,10,12H,1,3-9H2,(H,14,17). The predicted octanol–water partition coefficient (Wildman–Crippen LogP) is 1.08. The van der Waals surface area contributed by atoms with Gasteiger partial charge < -0.3 is 10.2 Å². The molecule has 0 aromatic carbocycles. The molecular formula is C13H20N2O2. The third-order valence-corrected chi connectivity index (χ3v) is 3.76. The lowest BCUT2D eigenvalue weighted by atomic mass is 9.82. The molecule has 0 bridgehead atoms. The van der Waals surface area contributed by atoms with Gasteiger partial charge in [-0.05, 0) is 18.8 Å². The van der Waals surface area contributed by atoms with Crippen molar-refractivity contribution in [3.05, 3.63) is 12.7 Å². The van der Waals surface area contributed by atoms with Crippen LogP contribution in [0, 0.1) is 5.92 Å². The Morgan fingerprint density at radius 2 is 2.00 bits per heavy atom. The highest BCUT2D eigenvalue weighted by atomic mass is 16.2. The molecule has 4 heteroatoms. The Bertz CT molecular complexity index is 321. The quantitative estimate of drug-likeness (QED) is 0.745. The van der Waals surface area contributed by atoms with E-state index in [9.17, 15) is 9.59 Å². The molecule has 17 heavy (non-hydrogen) atoms. The molecule has 1 saturated heterocycles. The summed E-state index contributed by atoms with van der Waals surface area (Å²) in [5, 5.41) is 2.70. The van der Waals surface area contributed by atoms with Crippen LogP contribution in [0.3, 0.4) is 0 Å². The molecule has 1 unspecified atom stereocenters. The molecule has 1 N–H and O–H groups in total. The summed E-state index contributed by atoms with van der Waals surface area (Å²) in [6.45, 7) is 4.28. The average molecular weight is 236 g/mol. The van der Waals surface area contributed by atoms with Gasteiger partial charge in [0.25, 0.3) is 0 Å². The lowest BCUT2D eigenvalue weighted by Crippen LogP contribution is -2.61. The van der Waals surface area contributed by atoms with Crippen LogP contribution in [0.15, 0.2) is 12.7 Å². The predicted molar refractivity (Wildman–Crippen MR) is 65.3 cm³/mol. The molecule has 1 saturated carbocycles. The van der Waals surface area contributed by atoms with E-state index >= 15 is 0 Å². The molecule has 1 aliphatic carbocycles. The van der Waals surface area contributed by atoms with Gasteiger partial charge in [-0.25, -0.2) is 0 Å². The molecule has 0 aromatic rings. The maximum Gasteiger partial charge on any atom is 0.243 e. The van der Waals surface area contributed by atoms with Gasteiger partial charge in [0.05, 0.1) is 6.54 Å². The Morgan fingerprint density at radius 3 is 2.65 bits per heavy atom. The molecule has 1 aliphatic heterocycles. The molecule has 94 valence electrons. The maximum absolute atomic E-state index is 12.0. The number of piperazine rings is 1. The largest absolute Gasteiger partial charge is 0.345 e. The number of nitrogens with one attached hydrogen (secondary N) is 1. The summed E-state index contributed by atoms with van der Waals surface area (Å²) >= 11 is 0. The fourth-order valence-electron chi connectivity index (χ4n) is 2.94. The molecule has 1 heterocycles. The van der Waals surface area contributed by atoms with Crippen molar-refractivity contribution in [3.8, 4) is 0 Å². The SMILES string of the molecule is C=CCN1C(=O)CNC(=O)C1C1CCCCC1. The first-order chi connectivity index (χ1) is 8.24. The third kappa shape index (κ3) is 2.51. The molecule has 2 fully saturated rings. The average Bonchev–Trinajstić information content (AvgIpc) is 2.35. The Balaban J connectivity index is 2.14. The van der Waals surface area contributed by atoms with Crippen LogP contribution < -0.4 is 5.32 Å². The van der Waals surface area contributed by atoms with E-state index in [-0.39, 0.29) is 24.4 Å². The molecule has 2 rings (SSSR count). The topological polar surface area (TPSA) is 49.4 Å². The van der Waals surface area contributed by atoms with E-state index in [1.54, 1.807) is 11.0 Å². The summed E-state index contributed by atoms with van der Waals surface area (Å²) in [5.41, 5.74) is 0. The summed E-state index contributed by atoms with van der Waals surface area (Å²) in [6, 6.07) is -0.269. The Kier molecular flexibility index (Phi) is 3.82. The van der Waals surface area contributed by atoms with Crippen LogP contribution in [-0.2, 0) is 9.59 Å². The number of carbonyl (C=O) groups is 2. The number of hydrogen-bond acceptors (Lipinski definition) is 2. The summed E-state index contributed by atoms with van der Waals surface area (Å²) in [4.78, 5) is 25.5. The lowest BCUT2D eigenvalue weighted by Gasteiger charge is -2.40. The van der Waals surface area contributed by atoms with Gasteiger partial charge in [-0.15, -0.1) is 6.58 Å². The number of rotatable bonds is 3. The van der Waals surface area contributed by atoms with Crippen LogP contribution in [0.4, 0.5) is 0 Å². The van der Waals surface area contributed by atoms with Crippen LogP contribution >= 0.6 is 0 Å². The first-order valence-corrected chi connectivity index (χ1v) is 6.42. The molecule has 4 nitrogen and oxygen atoms in total. The van der Waals surface area contributed by atoms with E-state index in [0.717, 1.165) is 12.8 Å². The molecule has 2 amide bonds. The minimum absolute atomic E-state index is 0.0124. The number of hydrogen-bond donors (Lipinski definition) is 1. The second-order valence-corrected chi connectivity index (χ2v) is 4.90. The van der Waals surface area contributed by atoms with Crippen LogP contribution in [0.1, 0.15) is 32.1 Å². The lowest BCUT2D eigenvalue weighted by molar-refractivity contribution is -0.147. The van der Waals surface area contributed by atoms with Gasteiger partial charge in [-0.1, -0.05) is 25.3 Å². The molecule has 0 spiro atoms. The van der Waals surface area contributed by atoms with Crippen molar-refractivity contribution in [2.45, 2.75) is 38.1 Å². The van der Waals surface area contributed by atoms with Gasteiger partial charge in [-0.2, -0.15) is 0 Å². The fourth-order valence-corrected chi connectivity index (χ4v) is 2.94. The monoisotopic (exact) mass is 236 g/mol. The van der Waals surface area contributed by atoms with Crippen molar-refractivity contribution in [2.24, 2.45) is 5.92 Å². The van der Waals surface area contributed by atoms with E-state index in [0.29, 0.717) is 12.5 Å². The van der Waals surface area contributed by atoms with Crippen LogP contribution in [-0.4, -0.2) is 35.8 Å². The molecule has 0 aromatic heterocycles. The molecule has 1 atom stereocenters. The van der Waals surface area contributed by atoms with Crippen LogP contribution in [0.5, 0.6) is 0 Å². The van der Waals surface area contributed by atoms with Gasteiger partial charge >= 0.3 is 0 Å². The first-order valence-electron chi connectivity index (χ1n) is 6.42. The number of nitrogens with zero attached hydrogens (tertiary/aromatic N) is 1. The van der Waals surface area contributed by atoms with E-state index in [4.69, 9.17) is 0 Å². The van der Waals surface area contributed by atoms with E-state index < -0.39 is 0 Å². The first kappa shape index (κ1) is 12.1. The normalized spacial score (nSPS) is 26.8. The van der Waals surface area contributed by atoms with Crippen molar-refractivity contribution in [1.82, 2.24) is 10.2 Å². The second kappa shape index (κ2) is 5.34. The zero-order chi connectivity index (χ0) is 12.3. The third-order valence-electron chi connectivity index (χ3n) is 3.76. The number of amides is 2. The van der Waals surface area contributed by atoms with Crippen molar-refractivity contribution >= 4 is 11.8 Å². The van der Waals surface area contributed by atoms with Crippen LogP contribution in [0.2, 0.25) is 0 Å². The van der Waals surface area contributed by atoms with Gasteiger partial charge in [0.2, 0.25) is 11.8 Å². The van der Waals surface area contributed by atoms with Crippen LogP contribution in [0.25, 0.3) is 0 Å². The zero-order valence-electron chi connectivity index (χ0n) is 10.2. The zero-order valence-corrected chi connectivity index (χ0v) is 10.2. The summed E-state index contributed by atoms with van der Waals surface area (Å²) in [5.74, 6) is 0.353. The molecular weight excluding hydrogens is 216 g/mol. The van der Waals surface area contributed by atoms with E-state index in [2.05, 4.69) is 11.9 Å². The summed E-state index contributed by atoms with van der Waals surface area (Å²) < 4.78 is 0. The molecule has 0 radical (unpaired) electrons. The van der Waals surface area contributed by atoms with Gasteiger partial charge in [0.1, 0.15) is 6.04 Å². The second-order valence-electron chi connectivity index (χ2n) is 4.90. The van der Waals surface area contributed by atoms with Crippen molar-refractivity contribution in [3.63, 3.8) is 0 Å². The fraction of sp³-hybridized carbons (Fsp3) is 0.692. The minimum Gasteiger partial charge on any atom is -0.345 e. The Hall–Kier alpha value is -1.32. The van der Waals surface area contributed by atoms with Gasteiger partial charge in [-0.3, -0.25) is 9.59 Å². The minimum atomic E-state index is -0.269. The smallest absolute Gasteiger partial charge is 0.243 e. The molecule has 2 aliphatic rings. The highest BCUT2D eigenvalue weighted by molar-refractivity contribution is 5.95. The summed E-state index contributed by atoms with van der Waals surface area (Å²) in [7, 11) is 0. The van der Waals surface area contributed by atoms with Crippen molar-refractivity contribution < 1.29 is 9.59 Å². The van der Waals surface area contributed by atoms with Crippen molar-refractivity contribution in [2.75, 3.05) is 13.1 Å². The highest BCUT2D eigenvalue weighted by Crippen LogP contribution is 2.30. The van der Waals surface area contributed by atoms with Gasteiger partial charge in [0, 0.05) is 6.54 Å². The Labute approximate surface area is 102 Å². The summed E-state index contributed by atoms with van der Waals surface area (Å²) in [6.07, 6.45) is 7.40. The Morgan fingerprint density at radius 1 is 1.29 bits per heavy atom. The highest BCUT2D eigenvalue weighted by Gasteiger charge is 2.39. The van der Waals surface area contributed by atoms with Gasteiger partial charge in [0.15, 0.2) is 0 Å².